The fourth-order valence-electron chi connectivity index (χ4n) is 5.26. The molecule has 1 aliphatic rings. The summed E-state index contributed by atoms with van der Waals surface area (Å²) in [6.07, 6.45) is 7.07. The molecule has 3 aromatic heterocycles. The van der Waals surface area contributed by atoms with Gasteiger partial charge in [0.1, 0.15) is 5.65 Å². The molecule has 3 N–H and O–H groups in total. The number of fused-ring (bicyclic) bond motifs is 3. The Morgan fingerprint density at radius 2 is 1.85 bits per heavy atom. The second-order valence-corrected chi connectivity index (χ2v) is 9.01. The van der Waals surface area contributed by atoms with E-state index >= 15 is 0 Å². The van der Waals surface area contributed by atoms with Crippen molar-refractivity contribution in [2.24, 2.45) is 5.92 Å². The van der Waals surface area contributed by atoms with Gasteiger partial charge in [-0.25, -0.2) is 9.78 Å². The standard InChI is InChI=1S/C25H29N5O3/c31-13-12-29(15-17-4-2-1-3-5-17)16-18-6-8-19(9-7-18)30-22-20-10-11-26-23(20)27-14-21(22)24(32)28-25(30)33/h1-5,10-11,14,18-19,31H,6-9,12-13,15-16H2,(H,26,27)(H,28,32,33)/t18-,19-. The number of aliphatic hydroxyl groups excluding tert-OH is 1. The second-order valence-electron chi connectivity index (χ2n) is 9.01. The normalized spacial score (nSPS) is 19.0. The monoisotopic (exact) mass is 447 g/mol. The van der Waals surface area contributed by atoms with Crippen LogP contribution in [0.3, 0.4) is 0 Å². The lowest BCUT2D eigenvalue weighted by atomic mass is 9.85. The van der Waals surface area contributed by atoms with E-state index in [2.05, 4.69) is 32.0 Å². The van der Waals surface area contributed by atoms with Crippen LogP contribution in [0.25, 0.3) is 21.9 Å². The Balaban J connectivity index is 1.35. The summed E-state index contributed by atoms with van der Waals surface area (Å²) >= 11 is 0. The third kappa shape index (κ3) is 4.36. The maximum absolute atomic E-state index is 12.9. The van der Waals surface area contributed by atoms with Crippen molar-refractivity contribution < 1.29 is 5.11 Å². The maximum Gasteiger partial charge on any atom is 0.329 e. The van der Waals surface area contributed by atoms with Crippen LogP contribution in [0.4, 0.5) is 0 Å². The van der Waals surface area contributed by atoms with E-state index in [9.17, 15) is 14.7 Å². The Kier molecular flexibility index (Phi) is 6.11. The van der Waals surface area contributed by atoms with Gasteiger partial charge in [-0.1, -0.05) is 30.3 Å². The molecule has 0 spiro atoms. The van der Waals surface area contributed by atoms with Crippen LogP contribution in [0.15, 0.2) is 58.4 Å². The third-order valence-corrected chi connectivity index (χ3v) is 6.85. The van der Waals surface area contributed by atoms with Crippen LogP contribution >= 0.6 is 0 Å². The van der Waals surface area contributed by atoms with Crippen molar-refractivity contribution in [3.8, 4) is 0 Å². The van der Waals surface area contributed by atoms with Crippen LogP contribution in [0.1, 0.15) is 37.3 Å². The lowest BCUT2D eigenvalue weighted by Crippen LogP contribution is -2.37. The van der Waals surface area contributed by atoms with Gasteiger partial charge in [0.2, 0.25) is 0 Å². The number of nitrogens with one attached hydrogen (secondary N) is 2. The average Bonchev–Trinajstić information content (AvgIpc) is 3.30. The van der Waals surface area contributed by atoms with Crippen molar-refractivity contribution in [3.63, 3.8) is 0 Å². The summed E-state index contributed by atoms with van der Waals surface area (Å²) in [4.78, 5) is 37.6. The minimum atomic E-state index is -0.393. The zero-order valence-corrected chi connectivity index (χ0v) is 18.5. The van der Waals surface area contributed by atoms with E-state index in [1.54, 1.807) is 17.0 Å². The number of H-pyrrole nitrogens is 2. The first-order valence-electron chi connectivity index (χ1n) is 11.6. The molecule has 0 saturated heterocycles. The molecule has 0 unspecified atom stereocenters. The van der Waals surface area contributed by atoms with Crippen molar-refractivity contribution in [2.45, 2.75) is 38.3 Å². The SMILES string of the molecule is O=c1[nH]c(=O)n([C@H]2CC[C@H](CN(CCO)Cc3ccccc3)CC2)c2c1cnc1[nH]ccc12. The fourth-order valence-corrected chi connectivity index (χ4v) is 5.26. The minimum absolute atomic E-state index is 0.0361. The van der Waals surface area contributed by atoms with E-state index in [4.69, 9.17) is 0 Å². The molecule has 5 rings (SSSR count). The number of hydrogen-bond acceptors (Lipinski definition) is 5. The molecule has 0 bridgehead atoms. The first-order valence-corrected chi connectivity index (χ1v) is 11.6. The Hall–Kier alpha value is -3.23. The summed E-state index contributed by atoms with van der Waals surface area (Å²) in [5, 5.41) is 10.8. The highest BCUT2D eigenvalue weighted by molar-refractivity contribution is 6.01. The van der Waals surface area contributed by atoms with Crippen LogP contribution in [0.5, 0.6) is 0 Å². The van der Waals surface area contributed by atoms with Crippen molar-refractivity contribution >= 4 is 21.9 Å². The molecule has 1 aliphatic carbocycles. The molecule has 0 radical (unpaired) electrons. The maximum atomic E-state index is 12.9. The topological polar surface area (TPSA) is 107 Å². The Labute approximate surface area is 190 Å². The lowest BCUT2D eigenvalue weighted by molar-refractivity contribution is 0.145. The highest BCUT2D eigenvalue weighted by Gasteiger charge is 2.27. The minimum Gasteiger partial charge on any atom is -0.395 e. The van der Waals surface area contributed by atoms with Crippen molar-refractivity contribution in [2.75, 3.05) is 19.7 Å². The molecule has 8 heteroatoms. The summed E-state index contributed by atoms with van der Waals surface area (Å²) in [6.45, 7) is 2.54. The van der Waals surface area contributed by atoms with E-state index in [-0.39, 0.29) is 18.3 Å². The summed E-state index contributed by atoms with van der Waals surface area (Å²) in [5.74, 6) is 0.509. The predicted molar refractivity (Wildman–Crippen MR) is 128 cm³/mol. The van der Waals surface area contributed by atoms with Crippen molar-refractivity contribution in [1.29, 1.82) is 0 Å². The first kappa shape index (κ1) is 21.6. The molecular formula is C25H29N5O3. The van der Waals surface area contributed by atoms with Gasteiger partial charge in [0, 0.05) is 43.5 Å². The molecule has 0 atom stereocenters. The Morgan fingerprint density at radius 1 is 1.06 bits per heavy atom. The van der Waals surface area contributed by atoms with Gasteiger partial charge < -0.3 is 10.1 Å². The van der Waals surface area contributed by atoms with Gasteiger partial charge in [-0.2, -0.15) is 0 Å². The molecule has 4 aromatic rings. The van der Waals surface area contributed by atoms with Gasteiger partial charge >= 0.3 is 5.69 Å². The highest BCUT2D eigenvalue weighted by atomic mass is 16.3. The van der Waals surface area contributed by atoms with Gasteiger partial charge in [-0.15, -0.1) is 0 Å². The number of aliphatic hydroxyl groups is 1. The predicted octanol–water partition coefficient (Wildman–Crippen LogP) is 2.79. The smallest absolute Gasteiger partial charge is 0.329 e. The molecule has 1 saturated carbocycles. The summed E-state index contributed by atoms with van der Waals surface area (Å²) in [5.41, 5.74) is 1.85. The average molecular weight is 448 g/mol. The van der Waals surface area contributed by atoms with Gasteiger partial charge in [0.25, 0.3) is 5.56 Å². The van der Waals surface area contributed by atoms with Gasteiger partial charge in [-0.3, -0.25) is 19.2 Å². The quantitative estimate of drug-likeness (QED) is 0.404. The fraction of sp³-hybridized carbons (Fsp3) is 0.400. The number of rotatable bonds is 7. The Morgan fingerprint density at radius 3 is 2.61 bits per heavy atom. The number of pyridine rings is 1. The summed E-state index contributed by atoms with van der Waals surface area (Å²) < 4.78 is 1.78. The first-order chi connectivity index (χ1) is 16.1. The molecule has 8 nitrogen and oxygen atoms in total. The van der Waals surface area contributed by atoms with E-state index in [1.165, 1.54) is 5.56 Å². The lowest BCUT2D eigenvalue weighted by Gasteiger charge is -2.33. The molecule has 33 heavy (non-hydrogen) atoms. The van der Waals surface area contributed by atoms with E-state index in [1.807, 2.05) is 24.3 Å². The van der Waals surface area contributed by atoms with Gasteiger partial charge in [-0.05, 0) is 43.2 Å². The van der Waals surface area contributed by atoms with Crippen molar-refractivity contribution in [1.82, 2.24) is 24.4 Å². The number of aromatic amines is 2. The molecular weight excluding hydrogens is 418 g/mol. The van der Waals surface area contributed by atoms with E-state index in [0.717, 1.165) is 44.2 Å². The van der Waals surface area contributed by atoms with Crippen LogP contribution in [0.2, 0.25) is 0 Å². The Bertz CT molecular complexity index is 1350. The zero-order chi connectivity index (χ0) is 22.8. The van der Waals surface area contributed by atoms with E-state index in [0.29, 0.717) is 29.0 Å². The van der Waals surface area contributed by atoms with Gasteiger partial charge in [0.15, 0.2) is 0 Å². The third-order valence-electron chi connectivity index (χ3n) is 6.85. The number of aromatic nitrogens is 4. The summed E-state index contributed by atoms with van der Waals surface area (Å²) in [7, 11) is 0. The van der Waals surface area contributed by atoms with E-state index < -0.39 is 5.56 Å². The molecule has 172 valence electrons. The highest BCUT2D eigenvalue weighted by Crippen LogP contribution is 2.34. The largest absolute Gasteiger partial charge is 0.395 e. The second kappa shape index (κ2) is 9.33. The van der Waals surface area contributed by atoms with Crippen LogP contribution < -0.4 is 11.2 Å². The zero-order valence-electron chi connectivity index (χ0n) is 18.5. The molecule has 0 amide bonds. The number of benzene rings is 1. The number of hydrogen-bond donors (Lipinski definition) is 3. The van der Waals surface area contributed by atoms with Crippen LogP contribution in [-0.2, 0) is 6.54 Å². The van der Waals surface area contributed by atoms with Crippen LogP contribution in [0, 0.1) is 5.92 Å². The summed E-state index contributed by atoms with van der Waals surface area (Å²) in [6, 6.07) is 12.2. The molecule has 1 fully saturated rings. The molecule has 3 heterocycles. The van der Waals surface area contributed by atoms with Gasteiger partial charge in [0.05, 0.1) is 17.5 Å². The van der Waals surface area contributed by atoms with Crippen molar-refractivity contribution in [3.05, 3.63) is 75.2 Å². The number of nitrogens with zero attached hydrogens (tertiary/aromatic N) is 3. The van der Waals surface area contributed by atoms with Crippen LogP contribution in [-0.4, -0.2) is 49.2 Å². The molecule has 0 aliphatic heterocycles. The molecule has 1 aromatic carbocycles.